The predicted molar refractivity (Wildman–Crippen MR) is 263 cm³/mol. The highest BCUT2D eigenvalue weighted by Gasteiger charge is 2.37. The maximum absolute atomic E-state index is 5.34. The van der Waals surface area contributed by atoms with Crippen molar-refractivity contribution in [2.75, 3.05) is 0 Å². The first kappa shape index (κ1) is 36.4. The first-order valence-electron chi connectivity index (χ1n) is 21.3. The van der Waals surface area contributed by atoms with E-state index in [0.717, 1.165) is 44.8 Å². The van der Waals surface area contributed by atoms with E-state index in [4.69, 9.17) is 9.97 Å². The second-order valence-corrected chi connectivity index (χ2v) is 18.1. The van der Waals surface area contributed by atoms with Crippen molar-refractivity contribution < 1.29 is 0 Å². The average Bonchev–Trinajstić information content (AvgIpc) is 3.82. The molecule has 0 atom stereocenters. The van der Waals surface area contributed by atoms with Gasteiger partial charge in [0.05, 0.1) is 11.4 Å². The summed E-state index contributed by atoms with van der Waals surface area (Å²) in [5, 5.41) is 5.13. The molecular weight excluding hydrogens is 769 g/mol. The van der Waals surface area contributed by atoms with Gasteiger partial charge in [-0.25, -0.2) is 9.97 Å². The second-order valence-electron chi connectivity index (χ2n) is 17.0. The molecule has 292 valence electrons. The van der Waals surface area contributed by atoms with Crippen LogP contribution in [0.25, 0.3) is 109 Å². The summed E-state index contributed by atoms with van der Waals surface area (Å²) in [6, 6.07) is 75.0. The standard InChI is InChI=1S/C59H40N2S/c1-59(2)51-25-14-24-47(57(51)50-34-39-19-9-10-20-40(39)35-52(50)59)42-21-13-22-43(29-42)53-36-54(61-58(60-53)38-17-7-4-8-18-38)46-31-44(37-15-5-3-6-16-37)30-45(32-46)41-27-28-56-49(33-41)48-23-11-12-26-55(48)62-56/h3-36H,1-2H3. The molecule has 0 saturated heterocycles. The van der Waals surface area contributed by atoms with Gasteiger partial charge in [0.15, 0.2) is 5.82 Å². The molecule has 11 aromatic rings. The summed E-state index contributed by atoms with van der Waals surface area (Å²) >= 11 is 1.85. The van der Waals surface area contributed by atoms with Gasteiger partial charge in [-0.05, 0) is 127 Å². The van der Waals surface area contributed by atoms with Gasteiger partial charge in [-0.3, -0.25) is 0 Å². The van der Waals surface area contributed by atoms with Crippen LogP contribution < -0.4 is 0 Å². The SMILES string of the molecule is CC1(C)c2cc3ccccc3cc2-c2c(-c3cccc(-c4cc(-c5cc(-c6ccccc6)cc(-c6ccc7sc8ccccc8c7c6)c5)nc(-c5ccccc5)n4)c3)cccc21. The van der Waals surface area contributed by atoms with Gasteiger partial charge in [0.2, 0.25) is 0 Å². The van der Waals surface area contributed by atoms with Crippen LogP contribution >= 0.6 is 11.3 Å². The smallest absolute Gasteiger partial charge is 0.160 e. The van der Waals surface area contributed by atoms with Crippen molar-refractivity contribution in [2.45, 2.75) is 19.3 Å². The molecular formula is C59H40N2S. The first-order chi connectivity index (χ1) is 30.4. The van der Waals surface area contributed by atoms with Gasteiger partial charge < -0.3 is 0 Å². The van der Waals surface area contributed by atoms with Crippen LogP contribution in [0, 0.1) is 0 Å². The molecule has 2 heterocycles. The lowest BCUT2D eigenvalue weighted by atomic mass is 9.81. The van der Waals surface area contributed by atoms with Crippen LogP contribution in [-0.2, 0) is 5.41 Å². The molecule has 2 nitrogen and oxygen atoms in total. The lowest BCUT2D eigenvalue weighted by Gasteiger charge is -2.22. The number of nitrogens with zero attached hydrogens (tertiary/aromatic N) is 2. The fourth-order valence-corrected chi connectivity index (χ4v) is 10.8. The predicted octanol–water partition coefficient (Wildman–Crippen LogP) is 16.3. The van der Waals surface area contributed by atoms with E-state index in [0.29, 0.717) is 5.82 Å². The van der Waals surface area contributed by atoms with E-state index in [9.17, 15) is 0 Å². The zero-order valence-electron chi connectivity index (χ0n) is 34.4. The van der Waals surface area contributed by atoms with Crippen LogP contribution in [0.5, 0.6) is 0 Å². The number of rotatable bonds is 6. The summed E-state index contributed by atoms with van der Waals surface area (Å²) in [5.74, 6) is 0.699. The Morgan fingerprint density at radius 1 is 0.355 bits per heavy atom. The van der Waals surface area contributed by atoms with Crippen molar-refractivity contribution in [2.24, 2.45) is 0 Å². The molecule has 2 aromatic heterocycles. The summed E-state index contributed by atoms with van der Waals surface area (Å²) in [5.41, 5.74) is 17.1. The van der Waals surface area contributed by atoms with E-state index in [-0.39, 0.29) is 5.41 Å². The van der Waals surface area contributed by atoms with E-state index < -0.39 is 0 Å². The minimum Gasteiger partial charge on any atom is -0.228 e. The number of hydrogen-bond acceptors (Lipinski definition) is 3. The van der Waals surface area contributed by atoms with E-state index in [2.05, 4.69) is 214 Å². The van der Waals surface area contributed by atoms with Gasteiger partial charge in [-0.1, -0.05) is 159 Å². The monoisotopic (exact) mass is 808 g/mol. The molecule has 0 unspecified atom stereocenters. The topological polar surface area (TPSA) is 25.8 Å². The molecule has 0 fully saturated rings. The minimum atomic E-state index is -0.120. The Balaban J connectivity index is 1.03. The van der Waals surface area contributed by atoms with Gasteiger partial charge in [-0.15, -0.1) is 11.3 Å². The molecule has 62 heavy (non-hydrogen) atoms. The summed E-state index contributed by atoms with van der Waals surface area (Å²) in [6.45, 7) is 4.72. The van der Waals surface area contributed by atoms with Crippen molar-refractivity contribution in [3.05, 3.63) is 217 Å². The van der Waals surface area contributed by atoms with E-state index in [1.54, 1.807) is 0 Å². The third kappa shape index (κ3) is 6.08. The van der Waals surface area contributed by atoms with Gasteiger partial charge in [0, 0.05) is 42.3 Å². The van der Waals surface area contributed by atoms with Crippen LogP contribution in [0.4, 0.5) is 0 Å². The fourth-order valence-electron chi connectivity index (χ4n) is 9.66. The summed E-state index contributed by atoms with van der Waals surface area (Å²) in [4.78, 5) is 10.6. The lowest BCUT2D eigenvalue weighted by Crippen LogP contribution is -2.14. The quantitative estimate of drug-likeness (QED) is 0.167. The van der Waals surface area contributed by atoms with Crippen LogP contribution in [0.3, 0.4) is 0 Å². The highest BCUT2D eigenvalue weighted by atomic mass is 32.1. The molecule has 0 radical (unpaired) electrons. The molecule has 1 aliphatic rings. The molecule has 3 heteroatoms. The van der Waals surface area contributed by atoms with Gasteiger partial charge in [-0.2, -0.15) is 0 Å². The minimum absolute atomic E-state index is 0.120. The van der Waals surface area contributed by atoms with Crippen molar-refractivity contribution in [1.82, 2.24) is 9.97 Å². The van der Waals surface area contributed by atoms with Gasteiger partial charge in [0.1, 0.15) is 0 Å². The number of benzene rings is 9. The van der Waals surface area contributed by atoms with Crippen LogP contribution in [0.15, 0.2) is 206 Å². The molecule has 12 rings (SSSR count). The highest BCUT2D eigenvalue weighted by Crippen LogP contribution is 2.53. The first-order valence-corrected chi connectivity index (χ1v) is 22.1. The number of aromatic nitrogens is 2. The molecule has 0 N–H and O–H groups in total. The van der Waals surface area contributed by atoms with Crippen molar-refractivity contribution in [1.29, 1.82) is 0 Å². The fraction of sp³-hybridized carbons (Fsp3) is 0.0508. The number of thiophene rings is 1. The third-order valence-corrected chi connectivity index (χ3v) is 14.0. The van der Waals surface area contributed by atoms with Gasteiger partial charge in [0.25, 0.3) is 0 Å². The Kier molecular flexibility index (Phi) is 8.41. The summed E-state index contributed by atoms with van der Waals surface area (Å²) in [6.07, 6.45) is 0. The van der Waals surface area contributed by atoms with Crippen molar-refractivity contribution >= 4 is 42.3 Å². The molecule has 1 aliphatic carbocycles. The van der Waals surface area contributed by atoms with E-state index in [1.165, 1.54) is 69.9 Å². The Morgan fingerprint density at radius 3 is 1.76 bits per heavy atom. The maximum Gasteiger partial charge on any atom is 0.160 e. The Labute approximate surface area is 365 Å². The Morgan fingerprint density at radius 2 is 0.952 bits per heavy atom. The van der Waals surface area contributed by atoms with Crippen molar-refractivity contribution in [3.63, 3.8) is 0 Å². The summed E-state index contributed by atoms with van der Waals surface area (Å²) in [7, 11) is 0. The molecule has 0 saturated carbocycles. The molecule has 0 amide bonds. The van der Waals surface area contributed by atoms with E-state index in [1.807, 2.05) is 17.4 Å². The average molecular weight is 809 g/mol. The lowest BCUT2D eigenvalue weighted by molar-refractivity contribution is 0.661. The highest BCUT2D eigenvalue weighted by molar-refractivity contribution is 7.25. The summed E-state index contributed by atoms with van der Waals surface area (Å²) < 4.78 is 2.61. The second kappa shape index (κ2) is 14.3. The number of fused-ring (bicyclic) bond motifs is 7. The largest absolute Gasteiger partial charge is 0.228 e. The molecule has 9 aromatic carbocycles. The molecule has 0 spiro atoms. The van der Waals surface area contributed by atoms with Crippen LogP contribution in [0.1, 0.15) is 25.0 Å². The van der Waals surface area contributed by atoms with Crippen molar-refractivity contribution in [3.8, 4) is 78.4 Å². The van der Waals surface area contributed by atoms with Crippen LogP contribution in [0.2, 0.25) is 0 Å². The maximum atomic E-state index is 5.34. The Hall–Kier alpha value is -7.46. The zero-order chi connectivity index (χ0) is 41.4. The van der Waals surface area contributed by atoms with Crippen LogP contribution in [-0.4, -0.2) is 9.97 Å². The number of hydrogen-bond donors (Lipinski definition) is 0. The van der Waals surface area contributed by atoms with Gasteiger partial charge >= 0.3 is 0 Å². The molecule has 0 aliphatic heterocycles. The zero-order valence-corrected chi connectivity index (χ0v) is 35.2. The Bertz CT molecular complexity index is 3540. The van der Waals surface area contributed by atoms with E-state index >= 15 is 0 Å². The molecule has 0 bridgehead atoms. The normalized spacial score (nSPS) is 12.8. The third-order valence-electron chi connectivity index (χ3n) is 12.8.